The molecule has 0 spiro atoms. The van der Waals surface area contributed by atoms with Gasteiger partial charge in [-0.15, -0.1) is 0 Å². The first-order valence-corrected chi connectivity index (χ1v) is 7.27. The molecule has 1 aromatic heterocycles. The van der Waals surface area contributed by atoms with Gasteiger partial charge < -0.3 is 19.2 Å². The van der Waals surface area contributed by atoms with Crippen LogP contribution in [0.1, 0.15) is 22.2 Å². The van der Waals surface area contributed by atoms with Crippen LogP contribution >= 0.6 is 11.6 Å². The molecule has 1 atom stereocenters. The van der Waals surface area contributed by atoms with E-state index in [1.807, 2.05) is 0 Å². The zero-order valence-corrected chi connectivity index (χ0v) is 13.2. The van der Waals surface area contributed by atoms with Crippen LogP contribution in [0.15, 0.2) is 47.1 Å². The molecule has 2 rings (SSSR count). The van der Waals surface area contributed by atoms with Crippen LogP contribution in [0, 0.1) is 0 Å². The van der Waals surface area contributed by atoms with E-state index in [1.165, 1.54) is 19.4 Å². The number of hydrogen-bond donors (Lipinski definition) is 1. The van der Waals surface area contributed by atoms with Gasteiger partial charge in [-0.2, -0.15) is 0 Å². The van der Waals surface area contributed by atoms with Crippen LogP contribution in [0.25, 0.3) is 0 Å². The molecule has 1 N–H and O–H groups in total. The third kappa shape index (κ3) is 4.58. The van der Waals surface area contributed by atoms with Crippen molar-refractivity contribution in [3.8, 4) is 0 Å². The fourth-order valence-electron chi connectivity index (χ4n) is 1.87. The summed E-state index contributed by atoms with van der Waals surface area (Å²) < 4.78 is 15.1. The highest BCUT2D eigenvalue weighted by molar-refractivity contribution is 6.31. The highest BCUT2D eigenvalue weighted by Crippen LogP contribution is 2.26. The molecule has 2 aromatic rings. The predicted octanol–water partition coefficient (Wildman–Crippen LogP) is 2.59. The van der Waals surface area contributed by atoms with Gasteiger partial charge in [0.25, 0.3) is 5.91 Å². The zero-order chi connectivity index (χ0) is 16.7. The lowest BCUT2D eigenvalue weighted by molar-refractivity contribution is -0.130. The Bertz CT molecular complexity index is 656. The maximum Gasteiger partial charge on any atom is 0.375 e. The van der Waals surface area contributed by atoms with Gasteiger partial charge >= 0.3 is 5.97 Å². The number of carbonyl (C=O) groups is 2. The number of halogens is 1. The minimum Gasteiger partial charge on any atom is -0.457 e. The van der Waals surface area contributed by atoms with E-state index in [1.54, 1.807) is 30.3 Å². The van der Waals surface area contributed by atoms with Gasteiger partial charge in [-0.25, -0.2) is 4.79 Å². The lowest BCUT2D eigenvalue weighted by atomic mass is 10.1. The van der Waals surface area contributed by atoms with E-state index in [2.05, 4.69) is 5.32 Å². The van der Waals surface area contributed by atoms with Crippen molar-refractivity contribution in [1.82, 2.24) is 5.32 Å². The highest BCUT2D eigenvalue weighted by atomic mass is 35.5. The fraction of sp³-hybridized carbons (Fsp3) is 0.250. The van der Waals surface area contributed by atoms with Crippen molar-refractivity contribution in [2.45, 2.75) is 6.10 Å². The molecule has 23 heavy (non-hydrogen) atoms. The Morgan fingerprint density at radius 2 is 2.04 bits per heavy atom. The molecule has 0 radical (unpaired) electrons. The van der Waals surface area contributed by atoms with E-state index in [0.717, 1.165) is 0 Å². The molecular formula is C16H16ClNO5. The molecular weight excluding hydrogens is 322 g/mol. The summed E-state index contributed by atoms with van der Waals surface area (Å²) in [6.45, 7) is 0.627. The van der Waals surface area contributed by atoms with Gasteiger partial charge in [-0.3, -0.25) is 4.79 Å². The van der Waals surface area contributed by atoms with E-state index < -0.39 is 18.0 Å². The number of methoxy groups -OCH3 is 1. The molecule has 7 heteroatoms. The number of ether oxygens (including phenoxy) is 2. The summed E-state index contributed by atoms with van der Waals surface area (Å²) in [6.07, 6.45) is 0.165. The molecule has 0 unspecified atom stereocenters. The molecule has 1 heterocycles. The van der Waals surface area contributed by atoms with Crippen molar-refractivity contribution in [2.75, 3.05) is 20.3 Å². The van der Waals surface area contributed by atoms with Crippen molar-refractivity contribution in [3.63, 3.8) is 0 Å². The average Bonchev–Trinajstić information content (AvgIpc) is 3.08. The van der Waals surface area contributed by atoms with Gasteiger partial charge in [0.1, 0.15) is 0 Å². The molecule has 0 saturated carbocycles. The first-order chi connectivity index (χ1) is 11.1. The van der Waals surface area contributed by atoms with Gasteiger partial charge in [-0.05, 0) is 18.2 Å². The molecule has 0 aliphatic heterocycles. The van der Waals surface area contributed by atoms with Crippen molar-refractivity contribution < 1.29 is 23.5 Å². The largest absolute Gasteiger partial charge is 0.457 e. The zero-order valence-electron chi connectivity index (χ0n) is 12.5. The van der Waals surface area contributed by atoms with Crippen LogP contribution in [0.5, 0.6) is 0 Å². The quantitative estimate of drug-likeness (QED) is 0.620. The normalized spacial score (nSPS) is 11.7. The van der Waals surface area contributed by atoms with Crippen LogP contribution in [0.2, 0.25) is 5.02 Å². The number of furan rings is 1. The molecule has 0 saturated heterocycles. The Morgan fingerprint density at radius 3 is 2.70 bits per heavy atom. The SMILES string of the molecule is COCCNC(=O)[C@H](OC(=O)c1ccco1)c1ccccc1Cl. The Kier molecular flexibility index (Phi) is 6.19. The van der Waals surface area contributed by atoms with E-state index >= 15 is 0 Å². The van der Waals surface area contributed by atoms with Gasteiger partial charge in [-0.1, -0.05) is 29.8 Å². The van der Waals surface area contributed by atoms with Crippen LogP contribution in [0.3, 0.4) is 0 Å². The van der Waals surface area contributed by atoms with Crippen LogP contribution in [-0.4, -0.2) is 32.1 Å². The maximum atomic E-state index is 12.3. The molecule has 0 aliphatic rings. The number of amides is 1. The molecule has 1 aromatic carbocycles. The Morgan fingerprint density at radius 1 is 1.26 bits per heavy atom. The summed E-state index contributed by atoms with van der Waals surface area (Å²) in [5.41, 5.74) is 0.393. The predicted molar refractivity (Wildman–Crippen MR) is 83.2 cm³/mol. The van der Waals surface area contributed by atoms with Gasteiger partial charge in [0.2, 0.25) is 11.9 Å². The fourth-order valence-corrected chi connectivity index (χ4v) is 2.11. The second-order valence-corrected chi connectivity index (χ2v) is 4.98. The third-order valence-electron chi connectivity index (χ3n) is 2.98. The van der Waals surface area contributed by atoms with Crippen LogP contribution in [-0.2, 0) is 14.3 Å². The average molecular weight is 338 g/mol. The van der Waals surface area contributed by atoms with Crippen molar-refractivity contribution in [2.24, 2.45) is 0 Å². The number of nitrogens with one attached hydrogen (secondary N) is 1. The van der Waals surface area contributed by atoms with Crippen molar-refractivity contribution in [3.05, 3.63) is 59.0 Å². The Balaban J connectivity index is 2.19. The van der Waals surface area contributed by atoms with Crippen LogP contribution < -0.4 is 5.32 Å². The minimum absolute atomic E-state index is 0.00625. The second kappa shape index (κ2) is 8.36. The summed E-state index contributed by atoms with van der Waals surface area (Å²) in [5.74, 6) is -1.23. The number of carbonyl (C=O) groups excluding carboxylic acids is 2. The summed E-state index contributed by atoms with van der Waals surface area (Å²) in [4.78, 5) is 24.4. The van der Waals surface area contributed by atoms with E-state index in [9.17, 15) is 9.59 Å². The summed E-state index contributed by atoms with van der Waals surface area (Å²) >= 11 is 6.11. The molecule has 0 aliphatic carbocycles. The number of hydrogen-bond acceptors (Lipinski definition) is 5. The molecule has 0 bridgehead atoms. The lowest BCUT2D eigenvalue weighted by Gasteiger charge is -2.18. The molecule has 1 amide bonds. The Labute approximate surface area is 138 Å². The number of rotatable bonds is 7. The third-order valence-corrected chi connectivity index (χ3v) is 3.32. The van der Waals surface area contributed by atoms with E-state index in [0.29, 0.717) is 17.2 Å². The molecule has 122 valence electrons. The number of benzene rings is 1. The summed E-state index contributed by atoms with van der Waals surface area (Å²) in [6, 6.07) is 9.68. The topological polar surface area (TPSA) is 77.8 Å². The second-order valence-electron chi connectivity index (χ2n) is 4.57. The standard InChI is InChI=1S/C16H16ClNO5/c1-21-10-8-18-15(19)14(11-5-2-3-6-12(11)17)23-16(20)13-7-4-9-22-13/h2-7,9,14H,8,10H2,1H3,(H,18,19)/t14-/m1/s1. The van der Waals surface area contributed by atoms with Gasteiger partial charge in [0, 0.05) is 24.2 Å². The maximum absolute atomic E-state index is 12.3. The van der Waals surface area contributed by atoms with Crippen molar-refractivity contribution in [1.29, 1.82) is 0 Å². The minimum atomic E-state index is -1.18. The van der Waals surface area contributed by atoms with E-state index in [4.69, 9.17) is 25.5 Å². The van der Waals surface area contributed by atoms with Gasteiger partial charge in [0.15, 0.2) is 0 Å². The number of esters is 1. The summed E-state index contributed by atoms with van der Waals surface area (Å²) in [7, 11) is 1.52. The lowest BCUT2D eigenvalue weighted by Crippen LogP contribution is -2.34. The molecule has 6 nitrogen and oxygen atoms in total. The summed E-state index contributed by atoms with van der Waals surface area (Å²) in [5, 5.41) is 2.96. The van der Waals surface area contributed by atoms with Gasteiger partial charge in [0.05, 0.1) is 12.9 Å². The monoisotopic (exact) mass is 337 g/mol. The Hall–Kier alpha value is -2.31. The van der Waals surface area contributed by atoms with Crippen molar-refractivity contribution >= 4 is 23.5 Å². The smallest absolute Gasteiger partial charge is 0.375 e. The molecule has 0 fully saturated rings. The first-order valence-electron chi connectivity index (χ1n) is 6.89. The highest BCUT2D eigenvalue weighted by Gasteiger charge is 2.28. The van der Waals surface area contributed by atoms with E-state index in [-0.39, 0.29) is 12.3 Å². The first kappa shape index (κ1) is 17.1. The van der Waals surface area contributed by atoms with Crippen LogP contribution in [0.4, 0.5) is 0 Å².